The summed E-state index contributed by atoms with van der Waals surface area (Å²) in [4.78, 5) is 11.6. The van der Waals surface area contributed by atoms with Gasteiger partial charge in [-0.3, -0.25) is 4.79 Å². The number of halogens is 1. The maximum absolute atomic E-state index is 11.6. The molecule has 1 amide bonds. The maximum atomic E-state index is 11.6. The fourth-order valence-corrected chi connectivity index (χ4v) is 2.21. The monoisotopic (exact) mass is 343 g/mol. The molecule has 0 saturated heterocycles. The van der Waals surface area contributed by atoms with Crippen LogP contribution in [-0.2, 0) is 4.79 Å². The second-order valence-electron chi connectivity index (χ2n) is 4.69. The molecule has 1 rings (SSSR count). The van der Waals surface area contributed by atoms with E-state index < -0.39 is 6.10 Å². The molecule has 1 unspecified atom stereocenters. The number of benzene rings is 1. The van der Waals surface area contributed by atoms with Crippen LogP contribution in [-0.4, -0.2) is 30.3 Å². The Labute approximate surface area is 128 Å². The summed E-state index contributed by atoms with van der Waals surface area (Å²) in [6, 6.07) is 7.28. The third kappa shape index (κ3) is 5.92. The van der Waals surface area contributed by atoms with E-state index >= 15 is 0 Å². The highest BCUT2D eigenvalue weighted by Gasteiger charge is 2.16. The average Bonchev–Trinajstić information content (AvgIpc) is 2.45. The van der Waals surface area contributed by atoms with Gasteiger partial charge in [-0.1, -0.05) is 42.6 Å². The normalized spacial score (nSPS) is 12.2. The van der Waals surface area contributed by atoms with Crippen LogP contribution in [0.15, 0.2) is 28.7 Å². The lowest BCUT2D eigenvalue weighted by Gasteiger charge is -2.20. The number of carbonyl (C=O) groups excluding carboxylic acids is 1. The van der Waals surface area contributed by atoms with Gasteiger partial charge in [0.25, 0.3) is 5.91 Å². The number of nitrogens with one attached hydrogen (secondary N) is 1. The molecular weight excluding hydrogens is 322 g/mol. The van der Waals surface area contributed by atoms with Crippen LogP contribution in [0.5, 0.6) is 5.75 Å². The van der Waals surface area contributed by atoms with Crippen molar-refractivity contribution in [2.75, 3.05) is 13.2 Å². The molecule has 0 bridgehead atoms. The van der Waals surface area contributed by atoms with Crippen LogP contribution in [0.4, 0.5) is 0 Å². The minimum atomic E-state index is -0.498. The minimum absolute atomic E-state index is 0.0444. The van der Waals surface area contributed by atoms with E-state index in [0.717, 1.165) is 17.3 Å². The van der Waals surface area contributed by atoms with Gasteiger partial charge in [0, 0.05) is 11.0 Å². The minimum Gasteiger partial charge on any atom is -0.484 e. The molecule has 1 aromatic carbocycles. The Bertz CT molecular complexity index is 404. The maximum Gasteiger partial charge on any atom is 0.258 e. The molecule has 2 N–H and O–H groups in total. The lowest BCUT2D eigenvalue weighted by Crippen LogP contribution is -2.38. The molecule has 0 fully saturated rings. The van der Waals surface area contributed by atoms with Crippen molar-refractivity contribution in [1.29, 1.82) is 0 Å². The van der Waals surface area contributed by atoms with Crippen molar-refractivity contribution in [3.8, 4) is 5.75 Å². The van der Waals surface area contributed by atoms with Crippen molar-refractivity contribution in [1.82, 2.24) is 5.32 Å². The first-order valence-corrected chi connectivity index (χ1v) is 7.69. The summed E-state index contributed by atoms with van der Waals surface area (Å²) < 4.78 is 6.31. The Balaban J connectivity index is 2.28. The Morgan fingerprint density at radius 1 is 1.30 bits per heavy atom. The zero-order chi connectivity index (χ0) is 15.0. The summed E-state index contributed by atoms with van der Waals surface area (Å²) >= 11 is 3.33. The number of carbonyl (C=O) groups is 1. The standard InChI is InChI=1S/C15H22BrNO3/c1-3-11(4-2)14(18)9-17-15(19)10-20-13-7-5-12(16)6-8-13/h5-8,11,14,18H,3-4,9-10H2,1-2H3,(H,17,19). The number of aliphatic hydroxyl groups excluding tert-OH is 1. The van der Waals surface area contributed by atoms with E-state index in [1.807, 2.05) is 26.0 Å². The van der Waals surface area contributed by atoms with Gasteiger partial charge in [0.05, 0.1) is 6.10 Å². The molecule has 0 aromatic heterocycles. The SMILES string of the molecule is CCC(CC)C(O)CNC(=O)COc1ccc(Br)cc1. The quantitative estimate of drug-likeness (QED) is 0.762. The number of aliphatic hydroxyl groups is 1. The number of hydrogen-bond acceptors (Lipinski definition) is 3. The first kappa shape index (κ1) is 17.0. The van der Waals surface area contributed by atoms with E-state index in [2.05, 4.69) is 21.2 Å². The van der Waals surface area contributed by atoms with E-state index in [1.165, 1.54) is 0 Å². The van der Waals surface area contributed by atoms with Gasteiger partial charge in [-0.15, -0.1) is 0 Å². The van der Waals surface area contributed by atoms with Crippen molar-refractivity contribution in [3.63, 3.8) is 0 Å². The highest BCUT2D eigenvalue weighted by molar-refractivity contribution is 9.10. The third-order valence-electron chi connectivity index (χ3n) is 3.28. The number of amides is 1. The Hall–Kier alpha value is -1.07. The molecule has 0 saturated carbocycles. The fraction of sp³-hybridized carbons (Fsp3) is 0.533. The molecule has 112 valence electrons. The van der Waals surface area contributed by atoms with Crippen LogP contribution >= 0.6 is 15.9 Å². The summed E-state index contributed by atoms with van der Waals surface area (Å²) in [6.45, 7) is 4.30. The topological polar surface area (TPSA) is 58.6 Å². The summed E-state index contributed by atoms with van der Waals surface area (Å²) in [5, 5.41) is 12.6. The predicted molar refractivity (Wildman–Crippen MR) is 82.7 cm³/mol. The van der Waals surface area contributed by atoms with E-state index in [0.29, 0.717) is 5.75 Å². The molecule has 5 heteroatoms. The van der Waals surface area contributed by atoms with Gasteiger partial charge in [-0.2, -0.15) is 0 Å². The lowest BCUT2D eigenvalue weighted by atomic mass is 9.97. The molecule has 0 radical (unpaired) electrons. The summed E-state index contributed by atoms with van der Waals surface area (Å²) in [5.74, 6) is 0.643. The summed E-state index contributed by atoms with van der Waals surface area (Å²) in [7, 11) is 0. The molecular formula is C15H22BrNO3. The summed E-state index contributed by atoms with van der Waals surface area (Å²) in [6.07, 6.45) is 1.31. The van der Waals surface area contributed by atoms with Crippen LogP contribution in [0, 0.1) is 5.92 Å². The zero-order valence-electron chi connectivity index (χ0n) is 11.9. The van der Waals surface area contributed by atoms with E-state index in [1.54, 1.807) is 12.1 Å². The van der Waals surface area contributed by atoms with Crippen LogP contribution in [0.25, 0.3) is 0 Å². The second-order valence-corrected chi connectivity index (χ2v) is 5.61. The van der Waals surface area contributed by atoms with Crippen molar-refractivity contribution in [2.45, 2.75) is 32.8 Å². The van der Waals surface area contributed by atoms with Gasteiger partial charge >= 0.3 is 0 Å². The van der Waals surface area contributed by atoms with Crippen molar-refractivity contribution >= 4 is 21.8 Å². The van der Waals surface area contributed by atoms with E-state index in [-0.39, 0.29) is 25.0 Å². The molecule has 0 aliphatic rings. The highest BCUT2D eigenvalue weighted by atomic mass is 79.9. The van der Waals surface area contributed by atoms with Crippen molar-refractivity contribution in [2.24, 2.45) is 5.92 Å². The van der Waals surface area contributed by atoms with Gasteiger partial charge in [0.2, 0.25) is 0 Å². The first-order chi connectivity index (χ1) is 9.56. The van der Waals surface area contributed by atoms with Crippen LogP contribution in [0.3, 0.4) is 0 Å². The molecule has 1 aromatic rings. The van der Waals surface area contributed by atoms with Gasteiger partial charge in [-0.05, 0) is 30.2 Å². The lowest BCUT2D eigenvalue weighted by molar-refractivity contribution is -0.123. The zero-order valence-corrected chi connectivity index (χ0v) is 13.5. The average molecular weight is 344 g/mol. The van der Waals surface area contributed by atoms with Crippen LogP contribution in [0.1, 0.15) is 26.7 Å². The van der Waals surface area contributed by atoms with Crippen molar-refractivity contribution in [3.05, 3.63) is 28.7 Å². The molecule has 0 aliphatic heterocycles. The number of ether oxygens (including phenoxy) is 1. The Morgan fingerprint density at radius 3 is 2.45 bits per heavy atom. The smallest absolute Gasteiger partial charge is 0.258 e. The van der Waals surface area contributed by atoms with Gasteiger partial charge in [0.1, 0.15) is 5.75 Å². The van der Waals surface area contributed by atoms with E-state index in [9.17, 15) is 9.90 Å². The number of rotatable bonds is 8. The molecule has 4 nitrogen and oxygen atoms in total. The predicted octanol–water partition coefficient (Wildman–Crippen LogP) is 2.74. The summed E-state index contributed by atoms with van der Waals surface area (Å²) in [5.41, 5.74) is 0. The largest absolute Gasteiger partial charge is 0.484 e. The first-order valence-electron chi connectivity index (χ1n) is 6.89. The van der Waals surface area contributed by atoms with E-state index in [4.69, 9.17) is 4.74 Å². The van der Waals surface area contributed by atoms with Crippen LogP contribution in [0.2, 0.25) is 0 Å². The third-order valence-corrected chi connectivity index (χ3v) is 3.81. The highest BCUT2D eigenvalue weighted by Crippen LogP contribution is 2.16. The Kier molecular flexibility index (Phi) is 7.62. The Morgan fingerprint density at radius 2 is 1.90 bits per heavy atom. The molecule has 0 spiro atoms. The van der Waals surface area contributed by atoms with Gasteiger partial charge in [-0.25, -0.2) is 0 Å². The molecule has 0 aliphatic carbocycles. The van der Waals surface area contributed by atoms with Crippen molar-refractivity contribution < 1.29 is 14.6 Å². The van der Waals surface area contributed by atoms with Crippen LogP contribution < -0.4 is 10.1 Å². The number of hydrogen-bond donors (Lipinski definition) is 2. The van der Waals surface area contributed by atoms with Gasteiger partial charge < -0.3 is 15.2 Å². The molecule has 0 heterocycles. The fourth-order valence-electron chi connectivity index (χ4n) is 1.95. The molecule has 1 atom stereocenters. The second kappa shape index (κ2) is 8.97. The molecule has 20 heavy (non-hydrogen) atoms. The van der Waals surface area contributed by atoms with Gasteiger partial charge in [0.15, 0.2) is 6.61 Å².